The van der Waals surface area contributed by atoms with E-state index in [0.29, 0.717) is 12.8 Å². The zero-order chi connectivity index (χ0) is 29.4. The zero-order valence-corrected chi connectivity index (χ0v) is 29.9. The van der Waals surface area contributed by atoms with Crippen LogP contribution in [0.1, 0.15) is 201 Å². The van der Waals surface area contributed by atoms with Crippen LogP contribution in [0.4, 0.5) is 0 Å². The molecule has 0 spiro atoms. The molecule has 0 unspecified atom stereocenters. The molecule has 0 aliphatic heterocycles. The van der Waals surface area contributed by atoms with E-state index in [1.165, 1.54) is 103 Å². The minimum Gasteiger partial charge on any atom is -1.00 e. The summed E-state index contributed by atoms with van der Waals surface area (Å²) in [6.07, 6.45) is 37.1. The number of hydrogen-bond acceptors (Lipinski definition) is 4. The summed E-state index contributed by atoms with van der Waals surface area (Å²) < 4.78 is 4.99. The van der Waals surface area contributed by atoms with E-state index < -0.39 is 0 Å². The van der Waals surface area contributed by atoms with Gasteiger partial charge in [-0.05, 0) is 38.5 Å². The van der Waals surface area contributed by atoms with E-state index in [0.717, 1.165) is 70.6 Å². The Bertz CT molecular complexity index is 585. The summed E-state index contributed by atoms with van der Waals surface area (Å²) in [4.78, 5) is 23.8. The molecule has 0 bridgehead atoms. The summed E-state index contributed by atoms with van der Waals surface area (Å²) >= 11 is 0. The number of carbonyl (C=O) groups is 2. The van der Waals surface area contributed by atoms with Crippen molar-refractivity contribution >= 4 is 11.9 Å². The van der Waals surface area contributed by atoms with E-state index in [-0.39, 0.29) is 49.0 Å². The second-order valence-electron chi connectivity index (χ2n) is 12.1. The first kappa shape index (κ1) is 43.0. The van der Waals surface area contributed by atoms with Gasteiger partial charge in [0.05, 0.1) is 6.10 Å². The summed E-state index contributed by atoms with van der Waals surface area (Å²) in [5, 5.41) is 9.97. The predicted molar refractivity (Wildman–Crippen MR) is 173 cm³/mol. The van der Waals surface area contributed by atoms with Gasteiger partial charge in [-0.3, -0.25) is 9.59 Å². The molecule has 0 rings (SSSR count). The Balaban J connectivity index is -0.00000760. The number of unbranched alkanes of at least 4 members (excludes halogenated alkanes) is 22. The monoisotopic (exact) mass is 589 g/mol. The van der Waals surface area contributed by atoms with E-state index in [4.69, 9.17) is 4.74 Å². The van der Waals surface area contributed by atoms with Crippen molar-refractivity contribution in [1.82, 2.24) is 0 Å². The molecule has 0 saturated heterocycles. The molecule has 4 nitrogen and oxygen atoms in total. The number of allylic oxidation sites excluding steroid dienone is 1. The fourth-order valence-corrected chi connectivity index (χ4v) is 5.23. The fourth-order valence-electron chi connectivity index (χ4n) is 5.23. The summed E-state index contributed by atoms with van der Waals surface area (Å²) in [6.45, 7) is 4.48. The molecule has 0 aromatic rings. The summed E-state index contributed by atoms with van der Waals surface area (Å²) in [5.74, 6) is -0.709. The molecule has 0 aromatic carbocycles. The number of carbonyl (C=O) groups excluding carboxylic acids is 2. The van der Waals surface area contributed by atoms with Gasteiger partial charge in [0.1, 0.15) is 0 Å². The Labute approximate surface area is 279 Å². The van der Waals surface area contributed by atoms with Crippen molar-refractivity contribution in [3.8, 4) is 0 Å². The standard InChI is InChI=1S/C36H68O4.Na.H/c1-3-5-7-9-10-11-12-13-14-15-16-17-21-24-28-32-35(38)40-36(39)33-29-25-22-19-18-20-23-27-31-34(37)30-26-8-6-4-2;;/h23,27,34,37H,3-22,24-26,28-33H2,1-2H3;;/q;+1;-1/b27-23-;;/t34-;;/m1../s1. The second kappa shape index (κ2) is 36.0. The van der Waals surface area contributed by atoms with Crippen molar-refractivity contribution in [1.29, 1.82) is 0 Å². The first-order valence-corrected chi connectivity index (χ1v) is 17.7. The van der Waals surface area contributed by atoms with E-state index in [1.807, 2.05) is 0 Å². The molecule has 0 heterocycles. The van der Waals surface area contributed by atoms with Crippen molar-refractivity contribution in [2.75, 3.05) is 0 Å². The number of aliphatic hydroxyl groups excluding tert-OH is 1. The fraction of sp³-hybridized carbons (Fsp3) is 0.889. The minimum absolute atomic E-state index is 0. The average molecular weight is 589 g/mol. The number of esters is 2. The Morgan fingerprint density at radius 2 is 0.927 bits per heavy atom. The molecule has 0 aliphatic carbocycles. The SMILES string of the molecule is CCCCCCCCCCCCCCCCCC(=O)OC(=O)CCCCCCC/C=C\C[C@H](O)CCCCCC.[H-].[Na+]. The van der Waals surface area contributed by atoms with Crippen LogP contribution in [0.2, 0.25) is 0 Å². The van der Waals surface area contributed by atoms with Gasteiger partial charge in [0.15, 0.2) is 0 Å². The van der Waals surface area contributed by atoms with Crippen molar-refractivity contribution in [2.45, 2.75) is 206 Å². The Kier molecular flexibility index (Phi) is 37.8. The third-order valence-electron chi connectivity index (χ3n) is 7.93. The maximum atomic E-state index is 11.9. The van der Waals surface area contributed by atoms with Gasteiger partial charge in [-0.15, -0.1) is 0 Å². The van der Waals surface area contributed by atoms with Crippen LogP contribution >= 0.6 is 0 Å². The van der Waals surface area contributed by atoms with Crippen LogP contribution in [0.25, 0.3) is 0 Å². The number of ether oxygens (including phenoxy) is 1. The van der Waals surface area contributed by atoms with Gasteiger partial charge in [0, 0.05) is 12.8 Å². The van der Waals surface area contributed by atoms with Gasteiger partial charge in [-0.2, -0.15) is 0 Å². The molecule has 5 heteroatoms. The van der Waals surface area contributed by atoms with Gasteiger partial charge in [-0.25, -0.2) is 0 Å². The van der Waals surface area contributed by atoms with E-state index in [2.05, 4.69) is 26.0 Å². The maximum absolute atomic E-state index is 11.9. The Hall–Kier alpha value is -0.160. The molecule has 1 N–H and O–H groups in total. The first-order chi connectivity index (χ1) is 19.6. The molecule has 41 heavy (non-hydrogen) atoms. The Morgan fingerprint density at radius 1 is 0.561 bits per heavy atom. The average Bonchev–Trinajstić information content (AvgIpc) is 2.94. The van der Waals surface area contributed by atoms with Gasteiger partial charge in [0.2, 0.25) is 0 Å². The number of aliphatic hydroxyl groups is 1. The van der Waals surface area contributed by atoms with Gasteiger partial charge in [-0.1, -0.05) is 161 Å². The van der Waals surface area contributed by atoms with Crippen LogP contribution < -0.4 is 29.6 Å². The van der Waals surface area contributed by atoms with Gasteiger partial charge < -0.3 is 11.3 Å². The molecular formula is C36H69NaO4. The van der Waals surface area contributed by atoms with Crippen LogP contribution in [0.15, 0.2) is 12.2 Å². The van der Waals surface area contributed by atoms with E-state index in [1.54, 1.807) is 0 Å². The summed E-state index contributed by atoms with van der Waals surface area (Å²) in [7, 11) is 0. The summed E-state index contributed by atoms with van der Waals surface area (Å²) in [6, 6.07) is 0. The van der Waals surface area contributed by atoms with Gasteiger partial charge >= 0.3 is 41.5 Å². The largest absolute Gasteiger partial charge is 1.00 e. The molecule has 238 valence electrons. The third-order valence-corrected chi connectivity index (χ3v) is 7.93. The van der Waals surface area contributed by atoms with Crippen molar-refractivity contribution in [2.24, 2.45) is 0 Å². The zero-order valence-electron chi connectivity index (χ0n) is 28.9. The van der Waals surface area contributed by atoms with E-state index >= 15 is 0 Å². The first-order valence-electron chi connectivity index (χ1n) is 17.7. The van der Waals surface area contributed by atoms with Crippen molar-refractivity contribution in [3.63, 3.8) is 0 Å². The second-order valence-corrected chi connectivity index (χ2v) is 12.1. The van der Waals surface area contributed by atoms with Crippen molar-refractivity contribution < 1.29 is 50.4 Å². The minimum atomic E-state index is -0.359. The topological polar surface area (TPSA) is 63.6 Å². The maximum Gasteiger partial charge on any atom is 1.00 e. The Morgan fingerprint density at radius 3 is 1.37 bits per heavy atom. The predicted octanol–water partition coefficient (Wildman–Crippen LogP) is 8.44. The molecule has 0 radical (unpaired) electrons. The van der Waals surface area contributed by atoms with E-state index in [9.17, 15) is 14.7 Å². The quantitative estimate of drug-likeness (QED) is 0.0290. The molecule has 0 aliphatic rings. The van der Waals surface area contributed by atoms with Crippen LogP contribution in [0, 0.1) is 0 Å². The smallest absolute Gasteiger partial charge is 1.00 e. The van der Waals surface area contributed by atoms with Gasteiger partial charge in [0.25, 0.3) is 0 Å². The normalized spacial score (nSPS) is 12.0. The molecule has 0 saturated carbocycles. The number of rotatable bonds is 31. The molecule has 0 amide bonds. The molecule has 1 atom stereocenters. The number of hydrogen-bond donors (Lipinski definition) is 1. The van der Waals surface area contributed by atoms with Crippen LogP contribution in [0.5, 0.6) is 0 Å². The third kappa shape index (κ3) is 35.9. The molecular weight excluding hydrogens is 519 g/mol. The summed E-state index contributed by atoms with van der Waals surface area (Å²) in [5.41, 5.74) is 0. The molecule has 0 aromatic heterocycles. The van der Waals surface area contributed by atoms with Crippen LogP contribution in [-0.2, 0) is 14.3 Å². The van der Waals surface area contributed by atoms with Crippen LogP contribution in [-0.4, -0.2) is 23.1 Å². The molecule has 0 fully saturated rings. The van der Waals surface area contributed by atoms with Crippen LogP contribution in [0.3, 0.4) is 0 Å². The van der Waals surface area contributed by atoms with Crippen molar-refractivity contribution in [3.05, 3.63) is 12.2 Å².